The number of benzene rings is 1. The molecule has 3 amide bonds. The Hall–Kier alpha value is -3.08. The molecule has 178 valence electrons. The Balaban J connectivity index is 1.12. The summed E-state index contributed by atoms with van der Waals surface area (Å²) in [5.74, 6) is -0.791. The van der Waals surface area contributed by atoms with Gasteiger partial charge in [-0.15, -0.1) is 23.1 Å². The third-order valence-electron chi connectivity index (χ3n) is 6.69. The number of fused-ring (bicyclic) bond motifs is 1. The lowest BCUT2D eigenvalue weighted by Gasteiger charge is -2.43. The summed E-state index contributed by atoms with van der Waals surface area (Å²) in [6.07, 6.45) is 4.30. The molecule has 5 heterocycles. The first-order valence-corrected chi connectivity index (χ1v) is 13.3. The van der Waals surface area contributed by atoms with Gasteiger partial charge in [0, 0.05) is 59.5 Å². The Morgan fingerprint density at radius 2 is 1.97 bits per heavy atom. The van der Waals surface area contributed by atoms with Crippen LogP contribution in [0.15, 0.2) is 59.1 Å². The lowest BCUT2D eigenvalue weighted by atomic mass is 10.0. The highest BCUT2D eigenvalue weighted by molar-refractivity contribution is 8.00. The van der Waals surface area contributed by atoms with Gasteiger partial charge in [-0.3, -0.25) is 29.6 Å². The standard InChI is InChI=1S/C25H23N5O3S2/c31-21-7-6-20(23(32)28-21)30-12-15-11-16(4-5-18(15)25(30)33)35-17-13-29(14-17)22(24-27-9-10-34-24)19-3-1-2-8-26-19/h1-5,8-11,17,20,22H,6-7,12-14H2,(H,28,31,32). The number of thioether (sulfide) groups is 1. The van der Waals surface area contributed by atoms with Crippen molar-refractivity contribution in [3.8, 4) is 0 Å². The number of piperidine rings is 1. The van der Waals surface area contributed by atoms with Gasteiger partial charge < -0.3 is 4.90 Å². The number of likely N-dealkylation sites (tertiary alicyclic amines) is 1. The second-order valence-electron chi connectivity index (χ2n) is 8.94. The largest absolute Gasteiger partial charge is 0.322 e. The van der Waals surface area contributed by atoms with Crippen molar-refractivity contribution >= 4 is 40.8 Å². The number of imide groups is 1. The molecular formula is C25H23N5O3S2. The van der Waals surface area contributed by atoms with Crippen LogP contribution in [0.4, 0.5) is 0 Å². The average molecular weight is 506 g/mol. The van der Waals surface area contributed by atoms with E-state index in [0.29, 0.717) is 23.8 Å². The number of thiazole rings is 1. The van der Waals surface area contributed by atoms with Crippen LogP contribution in [0.25, 0.3) is 0 Å². The van der Waals surface area contributed by atoms with Crippen LogP contribution in [0.3, 0.4) is 0 Å². The summed E-state index contributed by atoms with van der Waals surface area (Å²) in [6.45, 7) is 2.24. The van der Waals surface area contributed by atoms with E-state index in [9.17, 15) is 14.4 Å². The lowest BCUT2D eigenvalue weighted by molar-refractivity contribution is -0.136. The summed E-state index contributed by atoms with van der Waals surface area (Å²) in [4.78, 5) is 50.9. The SMILES string of the molecule is O=C1CCC(N2Cc3cc(SC4CN(C(c5ccccn5)c5nccs5)C4)ccc3C2=O)C(=O)N1. The summed E-state index contributed by atoms with van der Waals surface area (Å²) in [5.41, 5.74) is 2.60. The highest BCUT2D eigenvalue weighted by Gasteiger charge is 2.40. The first-order chi connectivity index (χ1) is 17.1. The number of carbonyl (C=O) groups excluding carboxylic acids is 3. The maximum Gasteiger partial charge on any atom is 0.255 e. The highest BCUT2D eigenvalue weighted by Crippen LogP contribution is 2.39. The number of aromatic nitrogens is 2. The van der Waals surface area contributed by atoms with E-state index in [-0.39, 0.29) is 30.2 Å². The summed E-state index contributed by atoms with van der Waals surface area (Å²) < 4.78 is 0. The number of amides is 3. The minimum Gasteiger partial charge on any atom is -0.322 e. The fourth-order valence-corrected chi connectivity index (χ4v) is 7.00. The molecule has 2 atom stereocenters. The molecule has 0 spiro atoms. The van der Waals surface area contributed by atoms with Gasteiger partial charge in [0.15, 0.2) is 0 Å². The molecule has 10 heteroatoms. The molecule has 8 nitrogen and oxygen atoms in total. The Bertz CT molecular complexity index is 1280. The predicted octanol–water partition coefficient (Wildman–Crippen LogP) is 2.87. The third kappa shape index (κ3) is 4.26. The minimum absolute atomic E-state index is 0.0628. The second-order valence-corrected chi connectivity index (χ2v) is 11.2. The molecule has 3 aliphatic heterocycles. The zero-order valence-corrected chi connectivity index (χ0v) is 20.4. The van der Waals surface area contributed by atoms with Crippen LogP contribution in [-0.4, -0.2) is 61.9 Å². The van der Waals surface area contributed by atoms with E-state index < -0.39 is 6.04 Å². The molecule has 2 saturated heterocycles. The minimum atomic E-state index is -0.585. The van der Waals surface area contributed by atoms with Gasteiger partial charge in [-0.25, -0.2) is 4.98 Å². The number of pyridine rings is 1. The molecule has 2 fully saturated rings. The van der Waals surface area contributed by atoms with Crippen molar-refractivity contribution in [3.05, 3.63) is 76.0 Å². The van der Waals surface area contributed by atoms with Gasteiger partial charge in [-0.05, 0) is 42.3 Å². The van der Waals surface area contributed by atoms with Crippen molar-refractivity contribution in [3.63, 3.8) is 0 Å². The zero-order valence-electron chi connectivity index (χ0n) is 18.8. The molecule has 1 aromatic carbocycles. The summed E-state index contributed by atoms with van der Waals surface area (Å²) >= 11 is 3.47. The molecule has 35 heavy (non-hydrogen) atoms. The first-order valence-electron chi connectivity index (χ1n) is 11.6. The Morgan fingerprint density at radius 3 is 2.71 bits per heavy atom. The number of nitrogens with one attached hydrogen (secondary N) is 1. The van der Waals surface area contributed by atoms with E-state index in [0.717, 1.165) is 34.2 Å². The van der Waals surface area contributed by atoms with Gasteiger partial charge in [0.1, 0.15) is 17.1 Å². The third-order valence-corrected chi connectivity index (χ3v) is 8.68. The summed E-state index contributed by atoms with van der Waals surface area (Å²) in [7, 11) is 0. The lowest BCUT2D eigenvalue weighted by Crippen LogP contribution is -2.52. The molecule has 0 radical (unpaired) electrons. The highest BCUT2D eigenvalue weighted by atomic mass is 32.2. The van der Waals surface area contributed by atoms with Gasteiger partial charge in [0.2, 0.25) is 11.8 Å². The predicted molar refractivity (Wildman–Crippen MR) is 132 cm³/mol. The smallest absolute Gasteiger partial charge is 0.255 e. The monoisotopic (exact) mass is 505 g/mol. The van der Waals surface area contributed by atoms with E-state index in [2.05, 4.69) is 32.3 Å². The first kappa shape index (κ1) is 22.4. The van der Waals surface area contributed by atoms with Gasteiger partial charge in [-0.1, -0.05) is 6.07 Å². The van der Waals surface area contributed by atoms with Crippen LogP contribution in [0, 0.1) is 0 Å². The van der Waals surface area contributed by atoms with Crippen molar-refractivity contribution in [2.24, 2.45) is 0 Å². The van der Waals surface area contributed by atoms with Crippen LogP contribution in [0.2, 0.25) is 0 Å². The Kier molecular flexibility index (Phi) is 5.87. The molecule has 3 aliphatic rings. The molecule has 2 aromatic heterocycles. The van der Waals surface area contributed by atoms with Gasteiger partial charge in [0.25, 0.3) is 5.91 Å². The van der Waals surface area contributed by atoms with E-state index in [1.54, 1.807) is 16.2 Å². The Morgan fingerprint density at radius 1 is 1.09 bits per heavy atom. The van der Waals surface area contributed by atoms with Crippen molar-refractivity contribution in [2.75, 3.05) is 13.1 Å². The van der Waals surface area contributed by atoms with Crippen molar-refractivity contribution < 1.29 is 14.4 Å². The topological polar surface area (TPSA) is 95.5 Å². The fraction of sp³-hybridized carbons (Fsp3) is 0.320. The van der Waals surface area contributed by atoms with E-state index in [1.165, 1.54) is 0 Å². The maximum absolute atomic E-state index is 12.9. The van der Waals surface area contributed by atoms with E-state index >= 15 is 0 Å². The van der Waals surface area contributed by atoms with Crippen LogP contribution >= 0.6 is 23.1 Å². The number of hydrogen-bond donors (Lipinski definition) is 1. The number of rotatable bonds is 6. The fourth-order valence-electron chi connectivity index (χ4n) is 4.95. The van der Waals surface area contributed by atoms with Crippen molar-refractivity contribution in [1.29, 1.82) is 0 Å². The average Bonchev–Trinajstić information content (AvgIpc) is 3.47. The Labute approximate surface area is 210 Å². The normalized spacial score (nSPS) is 21.5. The second kappa shape index (κ2) is 9.18. The van der Waals surface area contributed by atoms with E-state index in [4.69, 9.17) is 0 Å². The van der Waals surface area contributed by atoms with Gasteiger partial charge in [-0.2, -0.15) is 0 Å². The van der Waals surface area contributed by atoms with E-state index in [1.807, 2.05) is 53.8 Å². The molecule has 6 rings (SSSR count). The van der Waals surface area contributed by atoms with Crippen LogP contribution < -0.4 is 5.32 Å². The van der Waals surface area contributed by atoms with Crippen LogP contribution in [0.1, 0.15) is 45.5 Å². The quantitative estimate of drug-likeness (QED) is 0.515. The molecule has 2 unspecified atom stereocenters. The summed E-state index contributed by atoms with van der Waals surface area (Å²) in [6, 6.07) is 11.4. The molecule has 3 aromatic rings. The van der Waals surface area contributed by atoms with Crippen LogP contribution in [-0.2, 0) is 16.1 Å². The number of carbonyl (C=O) groups is 3. The van der Waals surface area contributed by atoms with Crippen molar-refractivity contribution in [2.45, 2.75) is 41.6 Å². The molecule has 0 aliphatic carbocycles. The molecule has 1 N–H and O–H groups in total. The van der Waals surface area contributed by atoms with Gasteiger partial charge in [0.05, 0.1) is 5.69 Å². The van der Waals surface area contributed by atoms with Crippen molar-refractivity contribution in [1.82, 2.24) is 25.1 Å². The molecule has 0 saturated carbocycles. The summed E-state index contributed by atoms with van der Waals surface area (Å²) in [5, 5.41) is 5.84. The molecular weight excluding hydrogens is 482 g/mol. The maximum atomic E-state index is 12.9. The number of nitrogens with zero attached hydrogens (tertiary/aromatic N) is 4. The zero-order chi connectivity index (χ0) is 23.9. The van der Waals surface area contributed by atoms with Gasteiger partial charge >= 0.3 is 0 Å². The van der Waals surface area contributed by atoms with Crippen LogP contribution in [0.5, 0.6) is 0 Å². The number of hydrogen-bond acceptors (Lipinski definition) is 8. The molecule has 0 bridgehead atoms.